The standard InChI is InChI=1S/C13H16BrNO/c1-10(14)13(16)15-8-7-12(9-15)11-5-3-2-4-6-11/h2-6,10,12H,7-9H2,1H3. The van der Waals surface area contributed by atoms with Crippen LogP contribution in [0.25, 0.3) is 0 Å². The van der Waals surface area contributed by atoms with E-state index in [9.17, 15) is 4.79 Å². The maximum absolute atomic E-state index is 11.8. The molecule has 1 aliphatic heterocycles. The second-order valence-electron chi connectivity index (χ2n) is 4.30. The molecular weight excluding hydrogens is 266 g/mol. The summed E-state index contributed by atoms with van der Waals surface area (Å²) >= 11 is 3.33. The lowest BCUT2D eigenvalue weighted by atomic mass is 9.99. The van der Waals surface area contributed by atoms with E-state index in [-0.39, 0.29) is 10.7 Å². The Morgan fingerprint density at radius 1 is 1.44 bits per heavy atom. The molecule has 1 aromatic rings. The number of amides is 1. The predicted molar refractivity (Wildman–Crippen MR) is 68.8 cm³/mol. The second kappa shape index (κ2) is 5.00. The first kappa shape index (κ1) is 11.6. The Balaban J connectivity index is 2.01. The van der Waals surface area contributed by atoms with Crippen LogP contribution in [0.2, 0.25) is 0 Å². The summed E-state index contributed by atoms with van der Waals surface area (Å²) in [6.45, 7) is 3.63. The minimum Gasteiger partial charge on any atom is -0.341 e. The number of nitrogens with zero attached hydrogens (tertiary/aromatic N) is 1. The minimum absolute atomic E-state index is 0.0676. The molecule has 0 saturated carbocycles. The van der Waals surface area contributed by atoms with E-state index < -0.39 is 0 Å². The zero-order valence-corrected chi connectivity index (χ0v) is 11.0. The van der Waals surface area contributed by atoms with Crippen molar-refractivity contribution in [3.63, 3.8) is 0 Å². The number of carbonyl (C=O) groups excluding carboxylic acids is 1. The van der Waals surface area contributed by atoms with Crippen molar-refractivity contribution in [2.75, 3.05) is 13.1 Å². The maximum Gasteiger partial charge on any atom is 0.236 e. The van der Waals surface area contributed by atoms with Crippen molar-refractivity contribution in [1.82, 2.24) is 4.90 Å². The van der Waals surface area contributed by atoms with Crippen LogP contribution in [0.1, 0.15) is 24.8 Å². The van der Waals surface area contributed by atoms with Gasteiger partial charge in [-0.15, -0.1) is 0 Å². The monoisotopic (exact) mass is 281 g/mol. The summed E-state index contributed by atoms with van der Waals surface area (Å²) in [5, 5.41) is 0. The van der Waals surface area contributed by atoms with Crippen molar-refractivity contribution in [2.24, 2.45) is 0 Å². The van der Waals surface area contributed by atoms with Crippen molar-refractivity contribution in [1.29, 1.82) is 0 Å². The first-order chi connectivity index (χ1) is 7.68. The van der Waals surface area contributed by atoms with Crippen LogP contribution in [0.5, 0.6) is 0 Å². The summed E-state index contributed by atoms with van der Waals surface area (Å²) in [5.74, 6) is 0.717. The molecule has 0 aromatic heterocycles. The number of likely N-dealkylation sites (tertiary alicyclic amines) is 1. The molecule has 2 rings (SSSR count). The molecular formula is C13H16BrNO. The quantitative estimate of drug-likeness (QED) is 0.764. The van der Waals surface area contributed by atoms with Crippen molar-refractivity contribution in [3.05, 3.63) is 35.9 Å². The number of halogens is 1. The van der Waals surface area contributed by atoms with Crippen LogP contribution in [-0.2, 0) is 4.79 Å². The molecule has 3 heteroatoms. The highest BCUT2D eigenvalue weighted by atomic mass is 79.9. The van der Waals surface area contributed by atoms with E-state index in [1.54, 1.807) is 0 Å². The van der Waals surface area contributed by atoms with E-state index in [1.807, 2.05) is 17.9 Å². The Morgan fingerprint density at radius 2 is 2.12 bits per heavy atom. The Labute approximate surface area is 105 Å². The lowest BCUT2D eigenvalue weighted by molar-refractivity contribution is -0.129. The molecule has 86 valence electrons. The highest BCUT2D eigenvalue weighted by molar-refractivity contribution is 9.10. The number of rotatable bonds is 2. The zero-order valence-electron chi connectivity index (χ0n) is 9.40. The normalized spacial score (nSPS) is 22.1. The van der Waals surface area contributed by atoms with E-state index in [4.69, 9.17) is 0 Å². The van der Waals surface area contributed by atoms with E-state index in [2.05, 4.69) is 40.2 Å². The van der Waals surface area contributed by atoms with Gasteiger partial charge in [0, 0.05) is 19.0 Å². The van der Waals surface area contributed by atoms with Gasteiger partial charge in [0.25, 0.3) is 0 Å². The van der Waals surface area contributed by atoms with Crippen LogP contribution in [-0.4, -0.2) is 28.7 Å². The topological polar surface area (TPSA) is 20.3 Å². The van der Waals surface area contributed by atoms with Gasteiger partial charge in [-0.25, -0.2) is 0 Å². The number of hydrogen-bond donors (Lipinski definition) is 0. The van der Waals surface area contributed by atoms with Gasteiger partial charge in [-0.05, 0) is 18.9 Å². The minimum atomic E-state index is -0.0676. The van der Waals surface area contributed by atoms with Gasteiger partial charge in [-0.1, -0.05) is 46.3 Å². The van der Waals surface area contributed by atoms with Crippen LogP contribution < -0.4 is 0 Å². The molecule has 1 aromatic carbocycles. The molecule has 1 saturated heterocycles. The fourth-order valence-corrected chi connectivity index (χ4v) is 2.50. The van der Waals surface area contributed by atoms with Gasteiger partial charge in [0.2, 0.25) is 5.91 Å². The van der Waals surface area contributed by atoms with Crippen LogP contribution in [0.15, 0.2) is 30.3 Å². The van der Waals surface area contributed by atoms with Gasteiger partial charge in [0.05, 0.1) is 4.83 Å². The van der Waals surface area contributed by atoms with Gasteiger partial charge >= 0.3 is 0 Å². The van der Waals surface area contributed by atoms with Crippen molar-refractivity contribution in [2.45, 2.75) is 24.1 Å². The fourth-order valence-electron chi connectivity index (χ4n) is 2.21. The lowest BCUT2D eigenvalue weighted by Gasteiger charge is -2.18. The zero-order chi connectivity index (χ0) is 11.5. The number of hydrogen-bond acceptors (Lipinski definition) is 1. The summed E-state index contributed by atoms with van der Waals surface area (Å²) in [6.07, 6.45) is 1.08. The van der Waals surface area contributed by atoms with Crippen LogP contribution in [0, 0.1) is 0 Å². The van der Waals surface area contributed by atoms with Crippen molar-refractivity contribution >= 4 is 21.8 Å². The molecule has 2 unspecified atom stereocenters. The van der Waals surface area contributed by atoms with E-state index in [0.29, 0.717) is 5.92 Å². The average molecular weight is 282 g/mol. The van der Waals surface area contributed by atoms with Crippen LogP contribution in [0.3, 0.4) is 0 Å². The van der Waals surface area contributed by atoms with Gasteiger partial charge in [-0.3, -0.25) is 4.79 Å². The van der Waals surface area contributed by atoms with Crippen LogP contribution in [0.4, 0.5) is 0 Å². The predicted octanol–water partition coefficient (Wildman–Crippen LogP) is 2.79. The van der Waals surface area contributed by atoms with Gasteiger partial charge in [0.15, 0.2) is 0 Å². The highest BCUT2D eigenvalue weighted by Crippen LogP contribution is 2.27. The summed E-state index contributed by atoms with van der Waals surface area (Å²) in [5.41, 5.74) is 1.35. The maximum atomic E-state index is 11.8. The molecule has 1 heterocycles. The van der Waals surface area contributed by atoms with Gasteiger partial charge in [-0.2, -0.15) is 0 Å². The third kappa shape index (κ3) is 2.46. The van der Waals surface area contributed by atoms with E-state index in [0.717, 1.165) is 19.5 Å². The van der Waals surface area contributed by atoms with Crippen molar-refractivity contribution < 1.29 is 4.79 Å². The summed E-state index contributed by atoms with van der Waals surface area (Å²) in [6, 6.07) is 10.5. The molecule has 2 atom stereocenters. The fraction of sp³-hybridized carbons (Fsp3) is 0.462. The van der Waals surface area contributed by atoms with Crippen molar-refractivity contribution in [3.8, 4) is 0 Å². The number of alkyl halides is 1. The van der Waals surface area contributed by atoms with Gasteiger partial charge in [0.1, 0.15) is 0 Å². The largest absolute Gasteiger partial charge is 0.341 e. The molecule has 0 spiro atoms. The Morgan fingerprint density at radius 3 is 2.75 bits per heavy atom. The number of benzene rings is 1. The first-order valence-corrected chi connectivity index (χ1v) is 6.58. The van der Waals surface area contributed by atoms with E-state index >= 15 is 0 Å². The molecule has 1 fully saturated rings. The molecule has 0 aliphatic carbocycles. The van der Waals surface area contributed by atoms with Crippen LogP contribution >= 0.6 is 15.9 Å². The molecule has 2 nitrogen and oxygen atoms in total. The highest BCUT2D eigenvalue weighted by Gasteiger charge is 2.28. The third-order valence-electron chi connectivity index (χ3n) is 3.11. The SMILES string of the molecule is CC(Br)C(=O)N1CCC(c2ccccc2)C1. The Hall–Kier alpha value is -0.830. The molecule has 0 bridgehead atoms. The van der Waals surface area contributed by atoms with E-state index in [1.165, 1.54) is 5.56 Å². The third-order valence-corrected chi connectivity index (χ3v) is 3.50. The first-order valence-electron chi connectivity index (χ1n) is 5.66. The lowest BCUT2D eigenvalue weighted by Crippen LogP contribution is -2.33. The second-order valence-corrected chi connectivity index (χ2v) is 5.67. The molecule has 0 N–H and O–H groups in total. The Bertz CT molecular complexity index is 363. The number of carbonyl (C=O) groups is 1. The summed E-state index contributed by atoms with van der Waals surface area (Å²) in [4.78, 5) is 13.7. The van der Waals surface area contributed by atoms with Gasteiger partial charge < -0.3 is 4.90 Å². The molecule has 16 heavy (non-hydrogen) atoms. The Kier molecular flexibility index (Phi) is 3.64. The average Bonchev–Trinajstić information content (AvgIpc) is 2.78. The smallest absolute Gasteiger partial charge is 0.236 e. The summed E-state index contributed by atoms with van der Waals surface area (Å²) < 4.78 is 0. The molecule has 1 amide bonds. The molecule has 0 radical (unpaired) electrons. The summed E-state index contributed by atoms with van der Waals surface area (Å²) in [7, 11) is 0. The molecule has 1 aliphatic rings.